The van der Waals surface area contributed by atoms with Gasteiger partial charge in [0.25, 0.3) is 0 Å². The van der Waals surface area contributed by atoms with Crippen LogP contribution in [0.25, 0.3) is 0 Å². The topological polar surface area (TPSA) is 107 Å². The number of carbonyl (C=O) groups excluding carboxylic acids is 1. The molecule has 0 spiro atoms. The number of benzene rings is 2. The first-order chi connectivity index (χ1) is 14.6. The molecule has 0 aromatic heterocycles. The number of aromatic hydroxyl groups is 4. The van der Waals surface area contributed by atoms with E-state index < -0.39 is 6.10 Å². The Bertz CT molecular complexity index is 1050. The Hall–Kier alpha value is -3.41. The summed E-state index contributed by atoms with van der Waals surface area (Å²) >= 11 is 0. The summed E-state index contributed by atoms with van der Waals surface area (Å²) in [6.45, 7) is 11.9. The minimum atomic E-state index is -0.820. The van der Waals surface area contributed by atoms with Gasteiger partial charge in [-0.15, -0.1) is 6.58 Å². The molecule has 164 valence electrons. The van der Waals surface area contributed by atoms with Crippen molar-refractivity contribution >= 4 is 5.78 Å². The van der Waals surface area contributed by atoms with Crippen molar-refractivity contribution in [3.63, 3.8) is 0 Å². The van der Waals surface area contributed by atoms with Gasteiger partial charge in [-0.3, -0.25) is 4.79 Å². The highest BCUT2D eigenvalue weighted by molar-refractivity contribution is 6.03. The number of fused-ring (bicyclic) bond motifs is 1. The van der Waals surface area contributed by atoms with Gasteiger partial charge in [0, 0.05) is 23.3 Å². The molecule has 31 heavy (non-hydrogen) atoms. The zero-order valence-electron chi connectivity index (χ0n) is 17.8. The summed E-state index contributed by atoms with van der Waals surface area (Å²) in [5.74, 6) is -1.05. The van der Waals surface area contributed by atoms with Gasteiger partial charge in [-0.25, -0.2) is 0 Å². The first kappa shape index (κ1) is 22.3. The molecule has 1 heterocycles. The summed E-state index contributed by atoms with van der Waals surface area (Å²) in [7, 11) is 0. The van der Waals surface area contributed by atoms with Crippen molar-refractivity contribution in [2.45, 2.75) is 45.6 Å². The summed E-state index contributed by atoms with van der Waals surface area (Å²) in [5, 5.41) is 40.7. The lowest BCUT2D eigenvalue weighted by Gasteiger charge is -2.30. The van der Waals surface area contributed by atoms with Crippen molar-refractivity contribution < 1.29 is 30.0 Å². The molecule has 6 heteroatoms. The second-order valence-electron chi connectivity index (χ2n) is 8.32. The lowest BCUT2D eigenvalue weighted by atomic mass is 9.85. The summed E-state index contributed by atoms with van der Waals surface area (Å²) in [6.07, 6.45) is 1.03. The molecule has 0 saturated heterocycles. The van der Waals surface area contributed by atoms with Crippen molar-refractivity contribution in [3.05, 3.63) is 65.3 Å². The maximum Gasteiger partial charge on any atom is 0.174 e. The fourth-order valence-electron chi connectivity index (χ4n) is 3.89. The number of ketones is 1. The average molecular weight is 424 g/mol. The quantitative estimate of drug-likeness (QED) is 0.449. The Labute approximate surface area is 181 Å². The first-order valence-electron chi connectivity index (χ1n) is 10.2. The monoisotopic (exact) mass is 424 g/mol. The molecule has 0 bridgehead atoms. The Morgan fingerprint density at radius 3 is 2.42 bits per heavy atom. The number of phenolic OH excluding ortho intramolecular Hbond substituents is 4. The van der Waals surface area contributed by atoms with Crippen LogP contribution in [0.15, 0.2) is 48.6 Å². The second kappa shape index (κ2) is 8.76. The van der Waals surface area contributed by atoms with Gasteiger partial charge in [0.15, 0.2) is 5.78 Å². The maximum atomic E-state index is 12.9. The molecule has 6 nitrogen and oxygen atoms in total. The van der Waals surface area contributed by atoms with Gasteiger partial charge in [0.05, 0.1) is 6.42 Å². The molecule has 4 N–H and O–H groups in total. The fourth-order valence-corrected chi connectivity index (χ4v) is 3.89. The molecular formula is C25H28O6. The average Bonchev–Trinajstić information content (AvgIpc) is 2.66. The van der Waals surface area contributed by atoms with E-state index in [1.165, 1.54) is 24.3 Å². The molecule has 3 rings (SSSR count). The van der Waals surface area contributed by atoms with E-state index in [0.717, 1.165) is 24.0 Å². The molecule has 0 radical (unpaired) electrons. The Kier molecular flexibility index (Phi) is 6.29. The number of carbonyl (C=O) groups is 1. The highest BCUT2D eigenvalue weighted by atomic mass is 16.5. The van der Waals surface area contributed by atoms with Crippen molar-refractivity contribution in [2.75, 3.05) is 0 Å². The van der Waals surface area contributed by atoms with Crippen LogP contribution in [-0.4, -0.2) is 26.2 Å². The van der Waals surface area contributed by atoms with E-state index in [0.29, 0.717) is 17.5 Å². The van der Waals surface area contributed by atoms with Crippen LogP contribution in [0.4, 0.5) is 0 Å². The van der Waals surface area contributed by atoms with E-state index in [2.05, 4.69) is 13.2 Å². The normalized spacial score (nSPS) is 16.3. The molecule has 1 aliphatic heterocycles. The lowest BCUT2D eigenvalue weighted by molar-refractivity contribution is 0.0839. The minimum Gasteiger partial charge on any atom is -0.508 e. The maximum absolute atomic E-state index is 12.9. The van der Waals surface area contributed by atoms with Gasteiger partial charge in [-0.05, 0) is 51.2 Å². The molecule has 0 fully saturated rings. The van der Waals surface area contributed by atoms with Gasteiger partial charge in [-0.2, -0.15) is 0 Å². The van der Waals surface area contributed by atoms with Gasteiger partial charge in [0.2, 0.25) is 0 Å². The Morgan fingerprint density at radius 1 is 1.10 bits per heavy atom. The van der Waals surface area contributed by atoms with E-state index in [1.807, 2.05) is 13.8 Å². The number of allylic oxidation sites excluding steroid dienone is 2. The van der Waals surface area contributed by atoms with Gasteiger partial charge in [0.1, 0.15) is 40.4 Å². The molecule has 2 aromatic rings. The first-order valence-corrected chi connectivity index (χ1v) is 10.2. The zero-order chi connectivity index (χ0) is 22.9. The molecule has 2 aromatic carbocycles. The summed E-state index contributed by atoms with van der Waals surface area (Å²) < 4.78 is 6.08. The third-order valence-electron chi connectivity index (χ3n) is 5.68. The zero-order valence-corrected chi connectivity index (χ0v) is 17.8. The van der Waals surface area contributed by atoms with Gasteiger partial charge in [-0.1, -0.05) is 17.7 Å². The molecule has 2 atom stereocenters. The summed E-state index contributed by atoms with van der Waals surface area (Å²) in [4.78, 5) is 12.9. The number of ether oxygens (including phenoxy) is 1. The van der Waals surface area contributed by atoms with Crippen LogP contribution in [0, 0.1) is 5.92 Å². The van der Waals surface area contributed by atoms with Gasteiger partial charge < -0.3 is 25.2 Å². The number of hydrogen-bond acceptors (Lipinski definition) is 6. The summed E-state index contributed by atoms with van der Waals surface area (Å²) in [5.41, 5.74) is 2.75. The smallest absolute Gasteiger partial charge is 0.174 e. The summed E-state index contributed by atoms with van der Waals surface area (Å²) in [6, 6.07) is 5.23. The number of rotatable bonds is 7. The fraction of sp³-hybridized carbons (Fsp3) is 0.320. The third-order valence-corrected chi connectivity index (χ3v) is 5.68. The van der Waals surface area contributed by atoms with Crippen molar-refractivity contribution in [1.82, 2.24) is 0 Å². The van der Waals surface area contributed by atoms with Crippen LogP contribution in [0.5, 0.6) is 28.7 Å². The van der Waals surface area contributed by atoms with E-state index in [9.17, 15) is 25.2 Å². The van der Waals surface area contributed by atoms with E-state index >= 15 is 0 Å². The van der Waals surface area contributed by atoms with Crippen molar-refractivity contribution in [3.8, 4) is 28.7 Å². The Balaban J connectivity index is 2.04. The van der Waals surface area contributed by atoms with Crippen LogP contribution in [0.1, 0.15) is 60.7 Å². The van der Waals surface area contributed by atoms with Crippen molar-refractivity contribution in [2.24, 2.45) is 5.92 Å². The van der Waals surface area contributed by atoms with Crippen molar-refractivity contribution in [1.29, 1.82) is 0 Å². The number of phenols is 4. The number of Topliss-reactive ketones (excluding diaryl/α,β-unsaturated/α-hetero) is 1. The van der Waals surface area contributed by atoms with Crippen LogP contribution >= 0.6 is 0 Å². The molecule has 0 saturated carbocycles. The highest BCUT2D eigenvalue weighted by Crippen LogP contribution is 2.47. The number of hydrogen-bond donors (Lipinski definition) is 4. The molecular weight excluding hydrogens is 396 g/mol. The Morgan fingerprint density at radius 2 is 1.81 bits per heavy atom. The minimum absolute atomic E-state index is 0.0115. The predicted octanol–water partition coefficient (Wildman–Crippen LogP) is 5.31. The molecule has 0 amide bonds. The largest absolute Gasteiger partial charge is 0.508 e. The van der Waals surface area contributed by atoms with Crippen LogP contribution in [0.3, 0.4) is 0 Å². The van der Waals surface area contributed by atoms with Crippen LogP contribution < -0.4 is 4.74 Å². The van der Waals surface area contributed by atoms with E-state index in [1.54, 1.807) is 0 Å². The third kappa shape index (κ3) is 4.68. The molecule has 0 aliphatic carbocycles. The predicted molar refractivity (Wildman–Crippen MR) is 118 cm³/mol. The standard InChI is InChI=1S/C25H28O6/c1-13(2)5-6-15(14(3)4)9-18-20(28)11-21(29)24-22(30)12-23(31-25(18)24)17-8-7-16(26)10-19(17)27/h7-8,10-11,15,23,26-29H,1,3,5-6,9,12H2,2,4H3/t15?,23-/m1/s1. The lowest BCUT2D eigenvalue weighted by Crippen LogP contribution is -2.22. The van der Waals surface area contributed by atoms with Gasteiger partial charge >= 0.3 is 0 Å². The van der Waals surface area contributed by atoms with Crippen LogP contribution in [0.2, 0.25) is 0 Å². The molecule has 1 aliphatic rings. The van der Waals surface area contributed by atoms with Crippen LogP contribution in [-0.2, 0) is 6.42 Å². The molecule has 1 unspecified atom stereocenters. The SMILES string of the molecule is C=C(C)CCC(Cc1c(O)cc(O)c2c1O[C@@H](c1ccc(O)cc1O)CC2=O)C(=C)C. The van der Waals surface area contributed by atoms with E-state index in [4.69, 9.17) is 4.74 Å². The second-order valence-corrected chi connectivity index (χ2v) is 8.32. The van der Waals surface area contributed by atoms with E-state index in [-0.39, 0.29) is 52.4 Å². The highest BCUT2D eigenvalue weighted by Gasteiger charge is 2.35.